The molecule has 0 bridgehead atoms. The number of hydrogen-bond donors (Lipinski definition) is 1. The van der Waals surface area contributed by atoms with Crippen molar-refractivity contribution in [3.63, 3.8) is 0 Å². The predicted octanol–water partition coefficient (Wildman–Crippen LogP) is 5.17. The van der Waals surface area contributed by atoms with Gasteiger partial charge in [-0.3, -0.25) is 4.79 Å². The lowest BCUT2D eigenvalue weighted by Crippen LogP contribution is -2.01. The molecule has 0 atom stereocenters. The van der Waals surface area contributed by atoms with Crippen LogP contribution in [0.25, 0.3) is 27.3 Å². The monoisotopic (exact) mass is 367 g/mol. The van der Waals surface area contributed by atoms with Gasteiger partial charge in [0.25, 0.3) is 0 Å². The molecule has 0 fully saturated rings. The zero-order chi connectivity index (χ0) is 17.6. The molecule has 0 saturated heterocycles. The van der Waals surface area contributed by atoms with Crippen LogP contribution in [0, 0.1) is 0 Å². The molecular weight excluding hydrogens is 354 g/mol. The number of benzene rings is 1. The van der Waals surface area contributed by atoms with Gasteiger partial charge in [-0.2, -0.15) is 0 Å². The third-order valence-electron chi connectivity index (χ3n) is 4.07. The first-order valence-electron chi connectivity index (χ1n) is 7.67. The summed E-state index contributed by atoms with van der Waals surface area (Å²) in [6.45, 7) is 1.52. The van der Waals surface area contributed by atoms with Crippen LogP contribution in [0.4, 0.5) is 5.69 Å². The molecule has 0 spiro atoms. The molecule has 4 nitrogen and oxygen atoms in total. The van der Waals surface area contributed by atoms with Crippen LogP contribution < -0.4 is 5.73 Å². The Bertz CT molecular complexity index is 1100. The molecule has 3 heterocycles. The van der Waals surface area contributed by atoms with Gasteiger partial charge in [-0.1, -0.05) is 29.8 Å². The fourth-order valence-electron chi connectivity index (χ4n) is 2.95. The summed E-state index contributed by atoms with van der Waals surface area (Å²) < 4.78 is 1.83. The average Bonchev–Trinajstić information content (AvgIpc) is 3.17. The number of rotatable bonds is 3. The van der Waals surface area contributed by atoms with Crippen LogP contribution in [0.2, 0.25) is 5.02 Å². The molecule has 124 valence electrons. The molecule has 4 rings (SSSR count). The Labute approximate surface area is 153 Å². The quantitative estimate of drug-likeness (QED) is 0.508. The van der Waals surface area contributed by atoms with E-state index in [1.54, 1.807) is 0 Å². The number of Topliss-reactive ketones (excluding diaryl/α,β-unsaturated/α-hetero) is 1. The number of hydrogen-bond acceptors (Lipinski definition) is 4. The van der Waals surface area contributed by atoms with Gasteiger partial charge in [0.1, 0.15) is 10.7 Å². The summed E-state index contributed by atoms with van der Waals surface area (Å²) in [5, 5.41) is 3.46. The van der Waals surface area contributed by atoms with Crippen LogP contribution in [0.5, 0.6) is 0 Å². The Hall–Kier alpha value is -2.63. The maximum Gasteiger partial charge on any atom is 0.178 e. The van der Waals surface area contributed by atoms with Crippen LogP contribution in [0.15, 0.2) is 54.0 Å². The first-order valence-corrected chi connectivity index (χ1v) is 8.93. The summed E-state index contributed by atoms with van der Waals surface area (Å²) in [4.78, 5) is 16.8. The van der Waals surface area contributed by atoms with Gasteiger partial charge in [0.15, 0.2) is 5.78 Å². The Morgan fingerprint density at radius 1 is 1.20 bits per heavy atom. The lowest BCUT2D eigenvalue weighted by Gasteiger charge is -1.98. The first-order chi connectivity index (χ1) is 12.1. The number of pyridine rings is 1. The zero-order valence-electron chi connectivity index (χ0n) is 13.4. The van der Waals surface area contributed by atoms with E-state index in [-0.39, 0.29) is 5.78 Å². The van der Waals surface area contributed by atoms with Crippen LogP contribution in [0.3, 0.4) is 0 Å². The van der Waals surface area contributed by atoms with Gasteiger partial charge in [-0.15, -0.1) is 11.3 Å². The van der Waals surface area contributed by atoms with Gasteiger partial charge >= 0.3 is 0 Å². The number of halogens is 1. The maximum absolute atomic E-state index is 12.1. The lowest BCUT2D eigenvalue weighted by atomic mass is 10.1. The third kappa shape index (κ3) is 2.62. The van der Waals surface area contributed by atoms with Crippen molar-refractivity contribution in [1.29, 1.82) is 0 Å². The highest BCUT2D eigenvalue weighted by molar-refractivity contribution is 7.13. The zero-order valence-corrected chi connectivity index (χ0v) is 14.9. The summed E-state index contributed by atoms with van der Waals surface area (Å²) in [6.07, 6.45) is 1.85. The van der Waals surface area contributed by atoms with Gasteiger partial charge in [-0.05, 0) is 24.3 Å². The van der Waals surface area contributed by atoms with E-state index >= 15 is 0 Å². The van der Waals surface area contributed by atoms with E-state index in [4.69, 9.17) is 22.3 Å². The van der Waals surface area contributed by atoms with Gasteiger partial charge in [0, 0.05) is 29.1 Å². The van der Waals surface area contributed by atoms with Gasteiger partial charge in [-0.25, -0.2) is 4.98 Å². The number of nitrogens with zero attached hydrogens (tertiary/aromatic N) is 2. The summed E-state index contributed by atoms with van der Waals surface area (Å²) in [5.41, 5.74) is 10.8. The Morgan fingerprint density at radius 2 is 1.96 bits per heavy atom. The number of carbonyl (C=O) groups is 1. The normalized spacial score (nSPS) is 11.1. The number of fused-ring (bicyclic) bond motifs is 1. The molecule has 6 heteroatoms. The Morgan fingerprint density at radius 3 is 2.68 bits per heavy atom. The van der Waals surface area contributed by atoms with E-state index in [0.717, 1.165) is 27.3 Å². The van der Waals surface area contributed by atoms with Crippen molar-refractivity contribution >= 4 is 39.9 Å². The second-order valence-electron chi connectivity index (χ2n) is 5.69. The number of ketones is 1. The molecule has 3 aromatic heterocycles. The van der Waals surface area contributed by atoms with Gasteiger partial charge < -0.3 is 10.1 Å². The highest BCUT2D eigenvalue weighted by Crippen LogP contribution is 2.38. The minimum atomic E-state index is -0.0700. The van der Waals surface area contributed by atoms with E-state index in [0.29, 0.717) is 16.4 Å². The van der Waals surface area contributed by atoms with Gasteiger partial charge in [0.05, 0.1) is 22.5 Å². The summed E-state index contributed by atoms with van der Waals surface area (Å²) in [7, 11) is 0. The predicted molar refractivity (Wildman–Crippen MR) is 103 cm³/mol. The molecule has 0 aliphatic rings. The molecular formula is C19H14ClN3OS. The van der Waals surface area contributed by atoms with Crippen molar-refractivity contribution in [3.8, 4) is 21.8 Å². The minimum Gasteiger partial charge on any atom is -0.396 e. The number of aromatic nitrogens is 2. The van der Waals surface area contributed by atoms with E-state index in [9.17, 15) is 4.79 Å². The lowest BCUT2D eigenvalue weighted by molar-refractivity contribution is 0.101. The second kappa shape index (κ2) is 6.02. The fraction of sp³-hybridized carbons (Fsp3) is 0.0526. The molecule has 0 unspecified atom stereocenters. The van der Waals surface area contributed by atoms with Crippen molar-refractivity contribution in [2.75, 3.05) is 5.73 Å². The summed E-state index contributed by atoms with van der Waals surface area (Å²) in [6, 6.07) is 13.3. The number of nitrogen functional groups attached to an aromatic ring is 1. The molecule has 0 amide bonds. The van der Waals surface area contributed by atoms with Crippen molar-refractivity contribution in [3.05, 3.63) is 64.8 Å². The highest BCUT2D eigenvalue weighted by Gasteiger charge is 2.22. The molecule has 0 aliphatic carbocycles. The average molecular weight is 368 g/mol. The maximum atomic E-state index is 12.1. The number of anilines is 1. The van der Waals surface area contributed by atoms with Crippen LogP contribution in [0.1, 0.15) is 17.4 Å². The van der Waals surface area contributed by atoms with Crippen molar-refractivity contribution < 1.29 is 4.79 Å². The second-order valence-corrected chi connectivity index (χ2v) is 6.99. The molecule has 0 aliphatic heterocycles. The standard InChI is InChI=1S/C19H14ClN3OS/c1-11(24)18-17(21)16(15-4-2-3-9-23(15)18)19-22-14(10-25-19)12-5-7-13(20)8-6-12/h2-10H,21H2,1H3. The molecule has 0 radical (unpaired) electrons. The van der Waals surface area contributed by atoms with E-state index < -0.39 is 0 Å². The summed E-state index contributed by atoms with van der Waals surface area (Å²) >= 11 is 7.46. The van der Waals surface area contributed by atoms with E-state index in [2.05, 4.69) is 0 Å². The first kappa shape index (κ1) is 15.9. The molecule has 25 heavy (non-hydrogen) atoms. The summed E-state index contributed by atoms with van der Waals surface area (Å²) in [5.74, 6) is -0.0700. The highest BCUT2D eigenvalue weighted by atomic mass is 35.5. The van der Waals surface area contributed by atoms with E-state index in [1.165, 1.54) is 18.3 Å². The fourth-order valence-corrected chi connectivity index (χ4v) is 3.98. The smallest absolute Gasteiger partial charge is 0.178 e. The minimum absolute atomic E-state index is 0.0700. The molecule has 2 N–H and O–H groups in total. The molecule has 0 saturated carbocycles. The third-order valence-corrected chi connectivity index (χ3v) is 5.18. The van der Waals surface area contributed by atoms with Crippen LogP contribution in [-0.4, -0.2) is 15.2 Å². The largest absolute Gasteiger partial charge is 0.396 e. The van der Waals surface area contributed by atoms with E-state index in [1.807, 2.05) is 58.4 Å². The number of nitrogens with two attached hydrogens (primary N) is 1. The number of thiazole rings is 1. The number of carbonyl (C=O) groups excluding carboxylic acids is 1. The van der Waals surface area contributed by atoms with Crippen molar-refractivity contribution in [2.24, 2.45) is 0 Å². The van der Waals surface area contributed by atoms with Crippen molar-refractivity contribution in [2.45, 2.75) is 6.92 Å². The molecule has 1 aromatic carbocycles. The Balaban J connectivity index is 1.90. The van der Waals surface area contributed by atoms with Crippen LogP contribution in [-0.2, 0) is 0 Å². The Kier molecular flexibility index (Phi) is 3.82. The van der Waals surface area contributed by atoms with Crippen LogP contribution >= 0.6 is 22.9 Å². The van der Waals surface area contributed by atoms with Gasteiger partial charge in [0.2, 0.25) is 0 Å². The SMILES string of the molecule is CC(=O)c1c(N)c(-c2nc(-c3ccc(Cl)cc3)cs2)c2ccccn12. The topological polar surface area (TPSA) is 60.4 Å². The molecule has 4 aromatic rings. The van der Waals surface area contributed by atoms with Crippen molar-refractivity contribution in [1.82, 2.24) is 9.38 Å².